The highest BCUT2D eigenvalue weighted by Crippen LogP contribution is 2.61. The average Bonchev–Trinajstić information content (AvgIpc) is 3.18. The van der Waals surface area contributed by atoms with Crippen molar-refractivity contribution < 1.29 is 0 Å². The monoisotopic (exact) mass is 239 g/mol. The van der Waals surface area contributed by atoms with Crippen LogP contribution in [0.25, 0.3) is 0 Å². The van der Waals surface area contributed by atoms with E-state index in [9.17, 15) is 0 Å². The Kier molecular flexibility index (Phi) is 3.23. The second-order valence-corrected chi connectivity index (χ2v) is 7.66. The summed E-state index contributed by atoms with van der Waals surface area (Å²) >= 11 is 2.13. The van der Waals surface area contributed by atoms with E-state index >= 15 is 0 Å². The summed E-state index contributed by atoms with van der Waals surface area (Å²) in [5.74, 6) is 4.95. The maximum Gasteiger partial charge on any atom is 0.00684 e. The fourth-order valence-electron chi connectivity index (χ4n) is 3.52. The van der Waals surface area contributed by atoms with E-state index in [4.69, 9.17) is 0 Å². The van der Waals surface area contributed by atoms with E-state index in [2.05, 4.69) is 24.0 Å². The minimum absolute atomic E-state index is 0.707. The Bertz CT molecular complexity index is 239. The van der Waals surface area contributed by atoms with Crippen LogP contribution in [0.1, 0.15) is 45.4 Å². The molecule has 0 bridgehead atoms. The van der Waals surface area contributed by atoms with Crippen LogP contribution in [-0.4, -0.2) is 24.1 Å². The minimum Gasteiger partial charge on any atom is -0.313 e. The van der Waals surface area contributed by atoms with Crippen LogP contribution in [0, 0.1) is 17.3 Å². The Morgan fingerprint density at radius 2 is 2.00 bits per heavy atom. The highest BCUT2D eigenvalue weighted by atomic mass is 32.2. The summed E-state index contributed by atoms with van der Waals surface area (Å²) in [6, 6.07) is 0.896. The van der Waals surface area contributed by atoms with Crippen LogP contribution in [0.15, 0.2) is 0 Å². The molecule has 2 heteroatoms. The molecular weight excluding hydrogens is 214 g/mol. The molecule has 0 aromatic rings. The maximum absolute atomic E-state index is 3.80. The van der Waals surface area contributed by atoms with Crippen molar-refractivity contribution in [3.63, 3.8) is 0 Å². The van der Waals surface area contributed by atoms with Gasteiger partial charge in [0, 0.05) is 12.6 Å². The SMILES string of the molecule is CCSCCC1(CNC2CC2)CC2CC2C1. The largest absolute Gasteiger partial charge is 0.313 e. The predicted molar refractivity (Wildman–Crippen MR) is 71.9 cm³/mol. The van der Waals surface area contributed by atoms with E-state index in [0.29, 0.717) is 5.41 Å². The molecule has 0 heterocycles. The van der Waals surface area contributed by atoms with Crippen molar-refractivity contribution in [2.75, 3.05) is 18.1 Å². The normalized spacial score (nSPS) is 41.1. The molecule has 0 saturated heterocycles. The van der Waals surface area contributed by atoms with Gasteiger partial charge in [0.1, 0.15) is 0 Å². The third kappa shape index (κ3) is 2.59. The zero-order valence-corrected chi connectivity index (χ0v) is 11.3. The number of rotatable bonds is 7. The summed E-state index contributed by atoms with van der Waals surface area (Å²) in [6.45, 7) is 3.61. The van der Waals surface area contributed by atoms with Crippen LogP contribution in [-0.2, 0) is 0 Å². The van der Waals surface area contributed by atoms with Crippen LogP contribution >= 0.6 is 11.8 Å². The van der Waals surface area contributed by atoms with Gasteiger partial charge in [-0.15, -0.1) is 0 Å². The lowest BCUT2D eigenvalue weighted by Crippen LogP contribution is -2.35. The number of fused-ring (bicyclic) bond motifs is 1. The van der Waals surface area contributed by atoms with E-state index in [0.717, 1.165) is 17.9 Å². The average molecular weight is 239 g/mol. The van der Waals surface area contributed by atoms with Crippen LogP contribution in [0.4, 0.5) is 0 Å². The van der Waals surface area contributed by atoms with Crippen molar-refractivity contribution in [3.05, 3.63) is 0 Å². The highest BCUT2D eigenvalue weighted by molar-refractivity contribution is 7.99. The molecular formula is C14H25NS. The van der Waals surface area contributed by atoms with Gasteiger partial charge in [0.2, 0.25) is 0 Å². The van der Waals surface area contributed by atoms with Gasteiger partial charge >= 0.3 is 0 Å². The van der Waals surface area contributed by atoms with Gasteiger partial charge in [0.05, 0.1) is 0 Å². The van der Waals surface area contributed by atoms with Crippen molar-refractivity contribution in [2.45, 2.75) is 51.5 Å². The molecule has 2 atom stereocenters. The Balaban J connectivity index is 1.50. The summed E-state index contributed by atoms with van der Waals surface area (Å²) < 4.78 is 0. The van der Waals surface area contributed by atoms with Crippen LogP contribution < -0.4 is 5.32 Å². The van der Waals surface area contributed by atoms with Gasteiger partial charge in [0.25, 0.3) is 0 Å². The lowest BCUT2D eigenvalue weighted by Gasteiger charge is -2.31. The smallest absolute Gasteiger partial charge is 0.00684 e. The first-order chi connectivity index (χ1) is 7.81. The van der Waals surface area contributed by atoms with Crippen LogP contribution in [0.3, 0.4) is 0 Å². The van der Waals surface area contributed by atoms with Gasteiger partial charge in [-0.3, -0.25) is 0 Å². The lowest BCUT2D eigenvalue weighted by atomic mass is 9.80. The molecule has 2 unspecified atom stereocenters. The summed E-state index contributed by atoms with van der Waals surface area (Å²) in [6.07, 6.45) is 8.99. The molecule has 0 spiro atoms. The van der Waals surface area contributed by atoms with Crippen molar-refractivity contribution >= 4 is 11.8 Å². The topological polar surface area (TPSA) is 12.0 Å². The number of hydrogen-bond acceptors (Lipinski definition) is 2. The summed E-state index contributed by atoms with van der Waals surface area (Å²) in [7, 11) is 0. The zero-order valence-electron chi connectivity index (χ0n) is 10.5. The van der Waals surface area contributed by atoms with Crippen molar-refractivity contribution in [1.82, 2.24) is 5.32 Å². The zero-order chi connectivity index (χ0) is 11.0. The quantitative estimate of drug-likeness (QED) is 0.684. The lowest BCUT2D eigenvalue weighted by molar-refractivity contribution is 0.242. The summed E-state index contributed by atoms with van der Waals surface area (Å²) in [5.41, 5.74) is 0.707. The number of hydrogen-bond donors (Lipinski definition) is 1. The first-order valence-electron chi connectivity index (χ1n) is 7.12. The molecule has 0 aromatic carbocycles. The second kappa shape index (κ2) is 4.53. The predicted octanol–water partition coefficient (Wildman–Crippen LogP) is 3.30. The van der Waals surface area contributed by atoms with Gasteiger partial charge in [0.15, 0.2) is 0 Å². The fourth-order valence-corrected chi connectivity index (χ4v) is 4.39. The highest BCUT2D eigenvalue weighted by Gasteiger charge is 2.53. The van der Waals surface area contributed by atoms with Gasteiger partial charge < -0.3 is 5.32 Å². The van der Waals surface area contributed by atoms with Crippen molar-refractivity contribution in [1.29, 1.82) is 0 Å². The molecule has 16 heavy (non-hydrogen) atoms. The number of nitrogens with one attached hydrogen (secondary N) is 1. The third-order valence-electron chi connectivity index (χ3n) is 4.78. The van der Waals surface area contributed by atoms with Gasteiger partial charge in [-0.1, -0.05) is 6.92 Å². The molecule has 3 saturated carbocycles. The van der Waals surface area contributed by atoms with Gasteiger partial charge in [-0.05, 0) is 67.3 Å². The Hall–Kier alpha value is 0.310. The van der Waals surface area contributed by atoms with E-state index in [-0.39, 0.29) is 0 Å². The van der Waals surface area contributed by atoms with Gasteiger partial charge in [-0.2, -0.15) is 11.8 Å². The molecule has 3 aliphatic carbocycles. The molecule has 0 aliphatic heterocycles. The molecule has 3 rings (SSSR count). The summed E-state index contributed by atoms with van der Waals surface area (Å²) in [5, 5.41) is 3.80. The Morgan fingerprint density at radius 3 is 2.62 bits per heavy atom. The molecule has 1 N–H and O–H groups in total. The third-order valence-corrected chi connectivity index (χ3v) is 5.68. The Labute approximate surface area is 104 Å². The maximum atomic E-state index is 3.80. The first kappa shape index (κ1) is 11.4. The molecule has 1 nitrogen and oxygen atoms in total. The van der Waals surface area contributed by atoms with E-state index < -0.39 is 0 Å². The van der Waals surface area contributed by atoms with Crippen molar-refractivity contribution in [3.8, 4) is 0 Å². The van der Waals surface area contributed by atoms with Gasteiger partial charge in [-0.25, -0.2) is 0 Å². The minimum atomic E-state index is 0.707. The summed E-state index contributed by atoms with van der Waals surface area (Å²) in [4.78, 5) is 0. The van der Waals surface area contributed by atoms with Crippen LogP contribution in [0.2, 0.25) is 0 Å². The number of thioether (sulfide) groups is 1. The first-order valence-corrected chi connectivity index (χ1v) is 8.28. The van der Waals surface area contributed by atoms with E-state index in [1.165, 1.54) is 37.3 Å². The van der Waals surface area contributed by atoms with E-state index in [1.807, 2.05) is 0 Å². The standard InChI is InChI=1S/C14H25NS/c1-2-16-6-5-14(10-15-13-3-4-13)8-11-7-12(11)9-14/h11-13,15H,2-10H2,1H3. The molecule has 3 fully saturated rings. The molecule has 3 aliphatic rings. The van der Waals surface area contributed by atoms with Crippen molar-refractivity contribution in [2.24, 2.45) is 17.3 Å². The molecule has 0 aromatic heterocycles. The van der Waals surface area contributed by atoms with E-state index in [1.54, 1.807) is 19.3 Å². The molecule has 0 amide bonds. The Morgan fingerprint density at radius 1 is 1.25 bits per heavy atom. The molecule has 0 radical (unpaired) electrons. The van der Waals surface area contributed by atoms with Crippen LogP contribution in [0.5, 0.6) is 0 Å². The second-order valence-electron chi connectivity index (χ2n) is 6.27. The fraction of sp³-hybridized carbons (Fsp3) is 1.00. The molecule has 92 valence electrons.